The predicted octanol–water partition coefficient (Wildman–Crippen LogP) is 1.24. The molecule has 1 saturated heterocycles. The average Bonchev–Trinajstić information content (AvgIpc) is 3.34. The van der Waals surface area contributed by atoms with Gasteiger partial charge in [-0.3, -0.25) is 18.8 Å². The van der Waals surface area contributed by atoms with Crippen LogP contribution in [0.1, 0.15) is 25.3 Å². The van der Waals surface area contributed by atoms with Crippen LogP contribution in [0.4, 0.5) is 13.2 Å². The van der Waals surface area contributed by atoms with E-state index in [0.29, 0.717) is 4.60 Å². The van der Waals surface area contributed by atoms with Crippen LogP contribution in [-0.2, 0) is 11.3 Å². The monoisotopic (exact) mass is 517 g/mol. The van der Waals surface area contributed by atoms with Crippen LogP contribution in [0.5, 0.6) is 0 Å². The van der Waals surface area contributed by atoms with Crippen LogP contribution < -0.4 is 5.56 Å². The molecule has 4 heterocycles. The standard InChI is InChI=1S/C18H19BrF3N7O3/c19-12-8-23-16-17(31)27(10-24-29(12)16)9-18(32)2-5-26(6-3-18)14(30)7-11(15(21)22)28-4-1-13(20)25-28/h1,4,8,10-11,15,32H,2-3,5-7,9H2. The maximum absolute atomic E-state index is 13.4. The van der Waals surface area contributed by atoms with Crippen molar-refractivity contribution >= 4 is 27.5 Å². The molecule has 0 saturated carbocycles. The van der Waals surface area contributed by atoms with E-state index in [2.05, 4.69) is 31.1 Å². The smallest absolute Gasteiger partial charge is 0.297 e. The second kappa shape index (κ2) is 8.65. The summed E-state index contributed by atoms with van der Waals surface area (Å²) in [5.74, 6) is -1.45. The third-order valence-corrected chi connectivity index (χ3v) is 6.10. The number of aromatic nitrogens is 6. The molecule has 10 nitrogen and oxygen atoms in total. The Bertz CT molecular complexity index is 1190. The van der Waals surface area contributed by atoms with E-state index < -0.39 is 41.9 Å². The Labute approximate surface area is 187 Å². The molecule has 3 aromatic rings. The molecule has 1 amide bonds. The third-order valence-electron chi connectivity index (χ3n) is 5.56. The summed E-state index contributed by atoms with van der Waals surface area (Å²) in [5, 5.41) is 18.4. The summed E-state index contributed by atoms with van der Waals surface area (Å²) in [6, 6.07) is -0.643. The number of halogens is 4. The van der Waals surface area contributed by atoms with E-state index in [0.717, 1.165) is 16.9 Å². The summed E-state index contributed by atoms with van der Waals surface area (Å²) in [6.07, 6.45) is 0.637. The molecule has 3 aromatic heterocycles. The maximum Gasteiger partial charge on any atom is 0.297 e. The van der Waals surface area contributed by atoms with Gasteiger partial charge < -0.3 is 10.0 Å². The van der Waals surface area contributed by atoms with Gasteiger partial charge in [0.15, 0.2) is 0 Å². The van der Waals surface area contributed by atoms with Crippen molar-refractivity contribution in [2.24, 2.45) is 0 Å². The first kappa shape index (κ1) is 22.5. The van der Waals surface area contributed by atoms with Gasteiger partial charge in [-0.05, 0) is 28.8 Å². The van der Waals surface area contributed by atoms with Crippen molar-refractivity contribution in [2.45, 2.75) is 43.9 Å². The fraction of sp³-hybridized carbons (Fsp3) is 0.500. The summed E-state index contributed by atoms with van der Waals surface area (Å²) in [7, 11) is 0. The van der Waals surface area contributed by atoms with Crippen molar-refractivity contribution in [1.82, 2.24) is 33.8 Å². The average molecular weight is 518 g/mol. The lowest BCUT2D eigenvalue weighted by atomic mass is 9.91. The molecule has 0 aliphatic carbocycles. The zero-order valence-corrected chi connectivity index (χ0v) is 18.2. The van der Waals surface area contributed by atoms with Gasteiger partial charge in [0.05, 0.1) is 24.8 Å². The number of likely N-dealkylation sites (tertiary alicyclic amines) is 1. The number of rotatable bonds is 6. The molecule has 0 spiro atoms. The Morgan fingerprint density at radius 1 is 1.31 bits per heavy atom. The van der Waals surface area contributed by atoms with Crippen LogP contribution in [0.15, 0.2) is 34.2 Å². The van der Waals surface area contributed by atoms with E-state index in [1.807, 2.05) is 0 Å². The second-order valence-corrected chi connectivity index (χ2v) is 8.52. The van der Waals surface area contributed by atoms with Gasteiger partial charge in [0.1, 0.15) is 17.0 Å². The van der Waals surface area contributed by atoms with Crippen molar-refractivity contribution < 1.29 is 23.1 Å². The third kappa shape index (κ3) is 4.41. The molecule has 172 valence electrons. The summed E-state index contributed by atoms with van der Waals surface area (Å²) >= 11 is 3.23. The lowest BCUT2D eigenvalue weighted by molar-refractivity contribution is -0.138. The number of nitrogens with zero attached hydrogens (tertiary/aromatic N) is 7. The van der Waals surface area contributed by atoms with Gasteiger partial charge in [-0.15, -0.1) is 5.10 Å². The molecule has 0 radical (unpaired) electrons. The summed E-state index contributed by atoms with van der Waals surface area (Å²) in [5.41, 5.74) is -1.61. The SMILES string of the molecule is O=C(CC(C(F)F)n1ccc(F)n1)N1CCC(O)(Cn2cnn3c(Br)cnc3c2=O)CC1. The number of amides is 1. The fourth-order valence-electron chi connectivity index (χ4n) is 3.74. The summed E-state index contributed by atoms with van der Waals surface area (Å²) in [4.78, 5) is 30.5. The number of imidazole rings is 1. The number of carbonyl (C=O) groups is 1. The molecule has 32 heavy (non-hydrogen) atoms. The Balaban J connectivity index is 1.40. The van der Waals surface area contributed by atoms with Gasteiger partial charge in [-0.2, -0.15) is 9.49 Å². The van der Waals surface area contributed by atoms with Gasteiger partial charge >= 0.3 is 0 Å². The molecule has 1 aliphatic rings. The summed E-state index contributed by atoms with van der Waals surface area (Å²) in [6.45, 7) is 0.199. The number of hydrogen-bond donors (Lipinski definition) is 1. The Morgan fingerprint density at radius 3 is 2.66 bits per heavy atom. The van der Waals surface area contributed by atoms with E-state index in [1.165, 1.54) is 26.5 Å². The normalized spacial score (nSPS) is 17.2. The fourth-order valence-corrected chi connectivity index (χ4v) is 4.10. The van der Waals surface area contributed by atoms with Crippen LogP contribution >= 0.6 is 15.9 Å². The molecule has 1 fully saturated rings. The molecule has 0 aromatic carbocycles. The first-order valence-corrected chi connectivity index (χ1v) is 10.5. The molecular formula is C18H19BrF3N7O3. The Morgan fingerprint density at radius 2 is 2.03 bits per heavy atom. The predicted molar refractivity (Wildman–Crippen MR) is 108 cm³/mol. The first-order chi connectivity index (χ1) is 15.2. The number of hydrogen-bond acceptors (Lipinski definition) is 6. The van der Waals surface area contributed by atoms with Crippen molar-refractivity contribution in [3.63, 3.8) is 0 Å². The van der Waals surface area contributed by atoms with E-state index >= 15 is 0 Å². The lowest BCUT2D eigenvalue weighted by Crippen LogP contribution is -2.50. The Kier molecular flexibility index (Phi) is 6.07. The minimum atomic E-state index is -2.91. The quantitative estimate of drug-likeness (QED) is 0.526. The molecular weight excluding hydrogens is 499 g/mol. The van der Waals surface area contributed by atoms with E-state index in [9.17, 15) is 27.9 Å². The van der Waals surface area contributed by atoms with Gasteiger partial charge in [-0.25, -0.2) is 18.3 Å². The first-order valence-electron chi connectivity index (χ1n) is 9.74. The lowest BCUT2D eigenvalue weighted by Gasteiger charge is -2.38. The van der Waals surface area contributed by atoms with Crippen molar-refractivity contribution in [2.75, 3.05) is 13.1 Å². The zero-order valence-electron chi connectivity index (χ0n) is 16.6. The molecule has 1 aliphatic heterocycles. The highest BCUT2D eigenvalue weighted by Gasteiger charge is 2.36. The van der Waals surface area contributed by atoms with Crippen LogP contribution in [0.3, 0.4) is 0 Å². The van der Waals surface area contributed by atoms with Gasteiger partial charge in [0.25, 0.3) is 12.0 Å². The highest BCUT2D eigenvalue weighted by Crippen LogP contribution is 2.27. The Hall–Kier alpha value is -2.74. The van der Waals surface area contributed by atoms with Crippen LogP contribution in [0, 0.1) is 5.95 Å². The number of aliphatic hydroxyl groups is 1. The maximum atomic E-state index is 13.4. The highest BCUT2D eigenvalue weighted by molar-refractivity contribution is 9.10. The van der Waals surface area contributed by atoms with Gasteiger partial charge in [-0.1, -0.05) is 0 Å². The van der Waals surface area contributed by atoms with Gasteiger partial charge in [0.2, 0.25) is 17.5 Å². The zero-order chi connectivity index (χ0) is 23.0. The van der Waals surface area contributed by atoms with Crippen LogP contribution in [-0.4, -0.2) is 70.0 Å². The highest BCUT2D eigenvalue weighted by atomic mass is 79.9. The number of carbonyl (C=O) groups excluding carboxylic acids is 1. The van der Waals surface area contributed by atoms with Crippen molar-refractivity contribution in [1.29, 1.82) is 0 Å². The number of alkyl halides is 2. The van der Waals surface area contributed by atoms with E-state index in [4.69, 9.17) is 0 Å². The molecule has 1 N–H and O–H groups in total. The molecule has 14 heteroatoms. The number of piperidine rings is 1. The van der Waals surface area contributed by atoms with Crippen LogP contribution in [0.25, 0.3) is 5.65 Å². The molecule has 0 bridgehead atoms. The molecule has 4 rings (SSSR count). The molecule has 1 atom stereocenters. The van der Waals surface area contributed by atoms with Crippen molar-refractivity contribution in [3.8, 4) is 0 Å². The topological polar surface area (TPSA) is 111 Å². The van der Waals surface area contributed by atoms with E-state index in [-0.39, 0.29) is 38.1 Å². The van der Waals surface area contributed by atoms with Crippen molar-refractivity contribution in [3.05, 3.63) is 45.7 Å². The number of fused-ring (bicyclic) bond motifs is 1. The van der Waals surface area contributed by atoms with Crippen LogP contribution in [0.2, 0.25) is 0 Å². The second-order valence-electron chi connectivity index (χ2n) is 7.71. The molecule has 1 unspecified atom stereocenters. The largest absolute Gasteiger partial charge is 0.388 e. The van der Waals surface area contributed by atoms with Gasteiger partial charge in [0, 0.05) is 25.4 Å². The summed E-state index contributed by atoms with van der Waals surface area (Å²) < 4.78 is 43.7. The van der Waals surface area contributed by atoms with E-state index in [1.54, 1.807) is 0 Å². The minimum absolute atomic E-state index is 0.0476. The minimum Gasteiger partial charge on any atom is -0.388 e.